The number of ketones is 1. The van der Waals surface area contributed by atoms with Gasteiger partial charge in [-0.2, -0.15) is 0 Å². The molecule has 1 aliphatic heterocycles. The average molecular weight is 415 g/mol. The first-order valence-electron chi connectivity index (χ1n) is 10.5. The zero-order chi connectivity index (χ0) is 21.6. The third kappa shape index (κ3) is 5.12. The van der Waals surface area contributed by atoms with Crippen molar-refractivity contribution in [3.8, 4) is 5.75 Å². The van der Waals surface area contributed by atoms with Crippen LogP contribution in [0.1, 0.15) is 33.2 Å². The van der Waals surface area contributed by atoms with Crippen LogP contribution in [0.4, 0.5) is 5.69 Å². The number of amides is 1. The molecular formula is C26H26N2O3. The third-order valence-electron chi connectivity index (χ3n) is 5.56. The quantitative estimate of drug-likeness (QED) is 0.560. The largest absolute Gasteiger partial charge is 0.489 e. The van der Waals surface area contributed by atoms with E-state index in [2.05, 4.69) is 4.90 Å². The Hall–Kier alpha value is -3.60. The molecule has 5 nitrogen and oxygen atoms in total. The summed E-state index contributed by atoms with van der Waals surface area (Å²) in [6, 6.07) is 25.0. The Morgan fingerprint density at radius 2 is 1.39 bits per heavy atom. The second-order valence-corrected chi connectivity index (χ2v) is 7.68. The maximum Gasteiger partial charge on any atom is 0.253 e. The molecule has 3 aromatic carbocycles. The number of carbonyl (C=O) groups excluding carboxylic acids is 2. The smallest absolute Gasteiger partial charge is 0.253 e. The first-order chi connectivity index (χ1) is 15.1. The van der Waals surface area contributed by atoms with Gasteiger partial charge in [0.2, 0.25) is 0 Å². The van der Waals surface area contributed by atoms with Gasteiger partial charge >= 0.3 is 0 Å². The molecule has 4 rings (SSSR count). The van der Waals surface area contributed by atoms with Crippen molar-refractivity contribution in [2.24, 2.45) is 0 Å². The number of hydrogen-bond acceptors (Lipinski definition) is 4. The fourth-order valence-electron chi connectivity index (χ4n) is 3.69. The van der Waals surface area contributed by atoms with Crippen LogP contribution < -0.4 is 9.64 Å². The summed E-state index contributed by atoms with van der Waals surface area (Å²) in [6.07, 6.45) is 0. The van der Waals surface area contributed by atoms with Crippen molar-refractivity contribution in [2.75, 3.05) is 31.1 Å². The predicted octanol–water partition coefficient (Wildman–Crippen LogP) is 4.43. The average Bonchev–Trinajstić information content (AvgIpc) is 2.83. The highest BCUT2D eigenvalue weighted by Crippen LogP contribution is 2.20. The molecule has 0 bridgehead atoms. The SMILES string of the molecule is CC(=O)c1ccc(N2CCN(C(=O)c3ccc(OCc4ccccc4)cc3)CC2)cc1. The Balaban J connectivity index is 1.30. The van der Waals surface area contributed by atoms with Gasteiger partial charge in [-0.1, -0.05) is 30.3 Å². The predicted molar refractivity (Wildman–Crippen MR) is 122 cm³/mol. The monoisotopic (exact) mass is 414 g/mol. The molecule has 1 heterocycles. The van der Waals surface area contributed by atoms with Crippen LogP contribution in [-0.2, 0) is 6.61 Å². The minimum absolute atomic E-state index is 0.0428. The Kier molecular flexibility index (Phi) is 6.32. The van der Waals surface area contributed by atoms with Gasteiger partial charge in [0.25, 0.3) is 5.91 Å². The van der Waals surface area contributed by atoms with Gasteiger partial charge in [-0.15, -0.1) is 0 Å². The van der Waals surface area contributed by atoms with Crippen LogP contribution in [0, 0.1) is 0 Å². The van der Waals surface area contributed by atoms with E-state index in [1.54, 1.807) is 6.92 Å². The first kappa shape index (κ1) is 20.7. The first-order valence-corrected chi connectivity index (χ1v) is 10.5. The normalized spacial score (nSPS) is 13.7. The van der Waals surface area contributed by atoms with Crippen LogP contribution in [0.25, 0.3) is 0 Å². The van der Waals surface area contributed by atoms with Gasteiger partial charge in [-0.3, -0.25) is 9.59 Å². The fraction of sp³-hybridized carbons (Fsp3) is 0.231. The zero-order valence-corrected chi connectivity index (χ0v) is 17.7. The van der Waals surface area contributed by atoms with Crippen LogP contribution in [0.2, 0.25) is 0 Å². The van der Waals surface area contributed by atoms with Gasteiger partial charge in [-0.25, -0.2) is 0 Å². The van der Waals surface area contributed by atoms with Crippen molar-refractivity contribution in [2.45, 2.75) is 13.5 Å². The molecule has 0 aromatic heterocycles. The molecule has 0 aliphatic carbocycles. The lowest BCUT2D eigenvalue weighted by Crippen LogP contribution is -2.48. The molecule has 1 fully saturated rings. The molecule has 158 valence electrons. The topological polar surface area (TPSA) is 49.9 Å². The summed E-state index contributed by atoms with van der Waals surface area (Å²) in [5.41, 5.74) is 3.58. The van der Waals surface area contributed by atoms with Gasteiger partial charge in [0.1, 0.15) is 12.4 Å². The molecular weight excluding hydrogens is 388 g/mol. The highest BCUT2D eigenvalue weighted by atomic mass is 16.5. The van der Waals surface area contributed by atoms with E-state index < -0.39 is 0 Å². The number of piperazine rings is 1. The summed E-state index contributed by atoms with van der Waals surface area (Å²) in [5.74, 6) is 0.860. The number of Topliss-reactive ketones (excluding diaryl/α,β-unsaturated/α-hetero) is 1. The van der Waals surface area contributed by atoms with E-state index >= 15 is 0 Å². The summed E-state index contributed by atoms with van der Waals surface area (Å²) < 4.78 is 5.81. The van der Waals surface area contributed by atoms with Gasteiger partial charge in [0.05, 0.1) is 0 Å². The van der Waals surface area contributed by atoms with Crippen molar-refractivity contribution >= 4 is 17.4 Å². The van der Waals surface area contributed by atoms with Crippen LogP contribution in [-0.4, -0.2) is 42.8 Å². The molecule has 5 heteroatoms. The van der Waals surface area contributed by atoms with Crippen molar-refractivity contribution in [3.05, 3.63) is 95.6 Å². The molecule has 1 aliphatic rings. The second kappa shape index (κ2) is 9.47. The van der Waals surface area contributed by atoms with E-state index in [0.29, 0.717) is 30.8 Å². The second-order valence-electron chi connectivity index (χ2n) is 7.68. The van der Waals surface area contributed by atoms with Crippen LogP contribution in [0.15, 0.2) is 78.9 Å². The molecule has 0 spiro atoms. The minimum Gasteiger partial charge on any atom is -0.489 e. The Morgan fingerprint density at radius 3 is 2.00 bits per heavy atom. The van der Waals surface area contributed by atoms with E-state index in [1.165, 1.54) is 0 Å². The number of rotatable bonds is 6. The lowest BCUT2D eigenvalue weighted by Gasteiger charge is -2.36. The summed E-state index contributed by atoms with van der Waals surface area (Å²) in [5, 5.41) is 0. The maximum atomic E-state index is 12.9. The Bertz CT molecular complexity index is 1020. The van der Waals surface area contributed by atoms with Gasteiger partial charge in [0, 0.05) is 43.0 Å². The van der Waals surface area contributed by atoms with E-state index in [0.717, 1.165) is 30.1 Å². The Labute approximate surface area is 182 Å². The standard InChI is InChI=1S/C26H26N2O3/c1-20(29)22-7-11-24(12-8-22)27-15-17-28(18-16-27)26(30)23-9-13-25(14-10-23)31-19-21-5-3-2-4-6-21/h2-14H,15-19H2,1H3. The number of benzene rings is 3. The van der Waals surface area contributed by atoms with Gasteiger partial charge < -0.3 is 14.5 Å². The lowest BCUT2D eigenvalue weighted by molar-refractivity contribution is 0.0746. The maximum absolute atomic E-state index is 12.9. The van der Waals surface area contributed by atoms with E-state index in [-0.39, 0.29) is 11.7 Å². The fourth-order valence-corrected chi connectivity index (χ4v) is 3.69. The molecule has 3 aromatic rings. The summed E-state index contributed by atoms with van der Waals surface area (Å²) in [6.45, 7) is 4.94. The minimum atomic E-state index is 0.0428. The number of carbonyl (C=O) groups is 2. The van der Waals surface area contributed by atoms with Crippen molar-refractivity contribution in [3.63, 3.8) is 0 Å². The van der Waals surface area contributed by atoms with E-state index in [4.69, 9.17) is 4.74 Å². The molecule has 0 saturated carbocycles. The number of nitrogens with zero attached hydrogens (tertiary/aromatic N) is 2. The van der Waals surface area contributed by atoms with Crippen molar-refractivity contribution < 1.29 is 14.3 Å². The van der Waals surface area contributed by atoms with Crippen LogP contribution in [0.5, 0.6) is 5.75 Å². The molecule has 0 radical (unpaired) electrons. The van der Waals surface area contributed by atoms with Crippen LogP contribution >= 0.6 is 0 Å². The van der Waals surface area contributed by atoms with Gasteiger partial charge in [-0.05, 0) is 61.0 Å². The van der Waals surface area contributed by atoms with Crippen molar-refractivity contribution in [1.82, 2.24) is 4.90 Å². The van der Waals surface area contributed by atoms with Crippen molar-refractivity contribution in [1.29, 1.82) is 0 Å². The summed E-state index contributed by atoms with van der Waals surface area (Å²) in [4.78, 5) is 28.5. The molecule has 0 N–H and O–H groups in total. The number of anilines is 1. The molecule has 1 amide bonds. The summed E-state index contributed by atoms with van der Waals surface area (Å²) in [7, 11) is 0. The molecule has 0 atom stereocenters. The van der Waals surface area contributed by atoms with E-state index in [9.17, 15) is 9.59 Å². The van der Waals surface area contributed by atoms with E-state index in [1.807, 2.05) is 83.8 Å². The number of ether oxygens (including phenoxy) is 1. The highest BCUT2D eigenvalue weighted by molar-refractivity contribution is 5.95. The zero-order valence-electron chi connectivity index (χ0n) is 17.7. The highest BCUT2D eigenvalue weighted by Gasteiger charge is 2.22. The third-order valence-corrected chi connectivity index (χ3v) is 5.56. The van der Waals surface area contributed by atoms with Gasteiger partial charge in [0.15, 0.2) is 5.78 Å². The molecule has 31 heavy (non-hydrogen) atoms. The lowest BCUT2D eigenvalue weighted by atomic mass is 10.1. The van der Waals surface area contributed by atoms with Crippen LogP contribution in [0.3, 0.4) is 0 Å². The summed E-state index contributed by atoms with van der Waals surface area (Å²) >= 11 is 0. The number of hydrogen-bond donors (Lipinski definition) is 0. The molecule has 1 saturated heterocycles. The Morgan fingerprint density at radius 1 is 0.774 bits per heavy atom. The molecule has 0 unspecified atom stereocenters.